The summed E-state index contributed by atoms with van der Waals surface area (Å²) in [4.78, 5) is 19.6. The Kier molecular flexibility index (Phi) is 5.96. The number of ether oxygens (including phenoxy) is 1. The number of H-pyrrole nitrogens is 1. The predicted octanol–water partition coefficient (Wildman–Crippen LogP) is 4.34. The lowest BCUT2D eigenvalue weighted by Crippen LogP contribution is -2.10. The lowest BCUT2D eigenvalue weighted by molar-refractivity contribution is 0.415. The highest BCUT2D eigenvalue weighted by atomic mass is 32.2. The van der Waals surface area contributed by atoms with Gasteiger partial charge in [0.25, 0.3) is 5.56 Å². The summed E-state index contributed by atoms with van der Waals surface area (Å²) in [5.41, 5.74) is 1.64. The van der Waals surface area contributed by atoms with Crippen LogP contribution in [-0.2, 0) is 12.3 Å². The van der Waals surface area contributed by atoms with Gasteiger partial charge >= 0.3 is 0 Å². The minimum absolute atomic E-state index is 0.0908. The second-order valence-electron chi connectivity index (χ2n) is 6.48. The maximum Gasteiger partial charge on any atom is 0.268 e. The first-order chi connectivity index (χ1) is 14.2. The number of thiophene rings is 1. The summed E-state index contributed by atoms with van der Waals surface area (Å²) in [6.45, 7) is 3.00. The number of nitrogens with zero attached hydrogens (tertiary/aromatic N) is 4. The van der Waals surface area contributed by atoms with E-state index in [1.165, 1.54) is 23.1 Å². The Labute approximate surface area is 176 Å². The molecule has 1 N–H and O–H groups in total. The molecule has 0 aliphatic heterocycles. The molecule has 0 saturated heterocycles. The molecular formula is C20H21N5O2S2. The highest BCUT2D eigenvalue weighted by Crippen LogP contribution is 2.27. The Morgan fingerprint density at radius 3 is 2.79 bits per heavy atom. The fraction of sp³-hybridized carbons (Fsp3) is 0.300. The fourth-order valence-electron chi connectivity index (χ4n) is 2.99. The zero-order valence-electron chi connectivity index (χ0n) is 16.2. The van der Waals surface area contributed by atoms with Crippen LogP contribution in [0.2, 0.25) is 0 Å². The summed E-state index contributed by atoms with van der Waals surface area (Å²) in [7, 11) is 1.65. The van der Waals surface area contributed by atoms with Gasteiger partial charge in [-0.05, 0) is 42.1 Å². The molecule has 0 saturated carbocycles. The highest BCUT2D eigenvalue weighted by Gasteiger charge is 2.15. The monoisotopic (exact) mass is 427 g/mol. The van der Waals surface area contributed by atoms with Gasteiger partial charge in [-0.15, -0.1) is 21.5 Å². The van der Waals surface area contributed by atoms with Gasteiger partial charge in [0, 0.05) is 12.1 Å². The van der Waals surface area contributed by atoms with E-state index < -0.39 is 0 Å². The molecule has 9 heteroatoms. The summed E-state index contributed by atoms with van der Waals surface area (Å²) in [5.74, 6) is 2.80. The van der Waals surface area contributed by atoms with Crippen molar-refractivity contribution in [1.82, 2.24) is 24.7 Å². The number of hydrogen-bond donors (Lipinski definition) is 1. The molecule has 29 heavy (non-hydrogen) atoms. The molecule has 7 nitrogen and oxygen atoms in total. The van der Waals surface area contributed by atoms with Crippen LogP contribution in [0.25, 0.3) is 21.6 Å². The molecule has 4 rings (SSSR count). The van der Waals surface area contributed by atoms with Crippen molar-refractivity contribution in [2.75, 3.05) is 7.11 Å². The van der Waals surface area contributed by atoms with Crippen molar-refractivity contribution < 1.29 is 4.74 Å². The van der Waals surface area contributed by atoms with E-state index in [0.29, 0.717) is 16.3 Å². The van der Waals surface area contributed by atoms with Crippen LogP contribution in [0.3, 0.4) is 0 Å². The van der Waals surface area contributed by atoms with Crippen LogP contribution in [-0.4, -0.2) is 31.8 Å². The number of methoxy groups -OCH3 is 1. The Morgan fingerprint density at radius 2 is 2.03 bits per heavy atom. The predicted molar refractivity (Wildman–Crippen MR) is 117 cm³/mol. The van der Waals surface area contributed by atoms with Crippen molar-refractivity contribution in [3.05, 3.63) is 51.9 Å². The number of unbranched alkanes of at least 4 members (excludes halogenated alkanes) is 1. The first kappa shape index (κ1) is 19.7. The molecule has 0 radical (unpaired) electrons. The van der Waals surface area contributed by atoms with E-state index in [9.17, 15) is 4.79 Å². The van der Waals surface area contributed by atoms with E-state index >= 15 is 0 Å². The van der Waals surface area contributed by atoms with Crippen molar-refractivity contribution in [2.45, 2.75) is 37.2 Å². The van der Waals surface area contributed by atoms with Crippen molar-refractivity contribution >= 4 is 33.3 Å². The van der Waals surface area contributed by atoms with Gasteiger partial charge in [0.1, 0.15) is 16.3 Å². The van der Waals surface area contributed by atoms with E-state index in [0.717, 1.165) is 47.2 Å². The molecule has 0 aliphatic rings. The third kappa shape index (κ3) is 4.20. The van der Waals surface area contributed by atoms with Crippen LogP contribution in [0.4, 0.5) is 0 Å². The van der Waals surface area contributed by atoms with E-state index in [1.54, 1.807) is 7.11 Å². The Morgan fingerprint density at radius 1 is 1.21 bits per heavy atom. The summed E-state index contributed by atoms with van der Waals surface area (Å²) in [5, 5.41) is 11.5. The fourth-order valence-corrected chi connectivity index (χ4v) is 4.55. The van der Waals surface area contributed by atoms with Gasteiger partial charge in [-0.25, -0.2) is 4.98 Å². The molecule has 3 heterocycles. The number of hydrogen-bond acceptors (Lipinski definition) is 7. The Bertz CT molecular complexity index is 1160. The highest BCUT2D eigenvalue weighted by molar-refractivity contribution is 7.98. The average molecular weight is 428 g/mol. The minimum Gasteiger partial charge on any atom is -0.497 e. The van der Waals surface area contributed by atoms with Gasteiger partial charge in [0.2, 0.25) is 0 Å². The number of thioether (sulfide) groups is 1. The van der Waals surface area contributed by atoms with Crippen LogP contribution in [0.15, 0.2) is 45.7 Å². The lowest BCUT2D eigenvalue weighted by Gasteiger charge is -2.10. The first-order valence-corrected chi connectivity index (χ1v) is 11.2. The average Bonchev–Trinajstić information content (AvgIpc) is 3.38. The number of fused-ring (bicyclic) bond motifs is 1. The number of benzene rings is 1. The lowest BCUT2D eigenvalue weighted by atomic mass is 10.2. The van der Waals surface area contributed by atoms with Gasteiger partial charge in [-0.3, -0.25) is 4.79 Å². The SMILES string of the molecule is CCCCn1c(SCc2nc3ccsc3c(=O)[nH]2)nnc1-c1ccc(OC)cc1. The molecular weight excluding hydrogens is 406 g/mol. The quantitative estimate of drug-likeness (QED) is 0.421. The van der Waals surface area contributed by atoms with Gasteiger partial charge in [-0.1, -0.05) is 25.1 Å². The maximum absolute atomic E-state index is 12.2. The van der Waals surface area contributed by atoms with Gasteiger partial charge in [0.05, 0.1) is 18.4 Å². The minimum atomic E-state index is -0.0908. The number of rotatable bonds is 8. The van der Waals surface area contributed by atoms with Crippen LogP contribution in [0.1, 0.15) is 25.6 Å². The van der Waals surface area contributed by atoms with Crippen LogP contribution < -0.4 is 10.3 Å². The second kappa shape index (κ2) is 8.79. The second-order valence-corrected chi connectivity index (χ2v) is 8.33. The topological polar surface area (TPSA) is 85.7 Å². The van der Waals surface area contributed by atoms with Gasteiger partial charge < -0.3 is 14.3 Å². The molecule has 0 spiro atoms. The van der Waals surface area contributed by atoms with Crippen LogP contribution in [0, 0.1) is 0 Å². The molecule has 0 amide bonds. The summed E-state index contributed by atoms with van der Waals surface area (Å²) in [6.07, 6.45) is 2.11. The van der Waals surface area contributed by atoms with Crippen molar-refractivity contribution in [3.63, 3.8) is 0 Å². The zero-order valence-corrected chi connectivity index (χ0v) is 17.8. The normalized spacial score (nSPS) is 11.2. The standard InChI is InChI=1S/C20H21N5O2S2/c1-3-4-10-25-18(13-5-7-14(27-2)8-6-13)23-24-20(25)29-12-16-21-15-9-11-28-17(15)19(26)22-16/h5-9,11H,3-4,10,12H2,1-2H3,(H,21,22,26). The van der Waals surface area contributed by atoms with E-state index in [4.69, 9.17) is 4.74 Å². The van der Waals surface area contributed by atoms with Crippen LogP contribution in [0.5, 0.6) is 5.75 Å². The summed E-state index contributed by atoms with van der Waals surface area (Å²) < 4.78 is 8.04. The molecule has 1 aromatic carbocycles. The van der Waals surface area contributed by atoms with E-state index in [-0.39, 0.29) is 5.56 Å². The first-order valence-electron chi connectivity index (χ1n) is 9.36. The third-order valence-corrected chi connectivity index (χ3v) is 6.38. The number of aromatic nitrogens is 5. The number of aromatic amines is 1. The molecule has 0 fully saturated rings. The van der Waals surface area contributed by atoms with Gasteiger partial charge in [-0.2, -0.15) is 0 Å². The molecule has 0 aliphatic carbocycles. The third-order valence-electron chi connectivity index (χ3n) is 4.50. The summed E-state index contributed by atoms with van der Waals surface area (Å²) in [6, 6.07) is 9.69. The van der Waals surface area contributed by atoms with Crippen molar-refractivity contribution in [2.24, 2.45) is 0 Å². The van der Waals surface area contributed by atoms with Crippen molar-refractivity contribution in [3.8, 4) is 17.1 Å². The van der Waals surface area contributed by atoms with Gasteiger partial charge in [0.15, 0.2) is 11.0 Å². The zero-order chi connectivity index (χ0) is 20.2. The molecule has 150 valence electrons. The maximum atomic E-state index is 12.2. The molecule has 0 unspecified atom stereocenters. The van der Waals surface area contributed by atoms with E-state index in [2.05, 4.69) is 31.7 Å². The molecule has 3 aromatic heterocycles. The summed E-state index contributed by atoms with van der Waals surface area (Å²) >= 11 is 2.93. The van der Waals surface area contributed by atoms with Crippen LogP contribution >= 0.6 is 23.1 Å². The molecule has 0 bridgehead atoms. The smallest absolute Gasteiger partial charge is 0.268 e. The Hall–Kier alpha value is -2.65. The largest absolute Gasteiger partial charge is 0.497 e. The van der Waals surface area contributed by atoms with E-state index in [1.807, 2.05) is 35.7 Å². The molecule has 4 aromatic rings. The Balaban J connectivity index is 1.60. The number of nitrogens with one attached hydrogen (secondary N) is 1. The molecule has 0 atom stereocenters. The van der Waals surface area contributed by atoms with Crippen molar-refractivity contribution in [1.29, 1.82) is 0 Å².